The van der Waals surface area contributed by atoms with Gasteiger partial charge in [0.1, 0.15) is 5.82 Å². The van der Waals surface area contributed by atoms with Gasteiger partial charge in [-0.15, -0.1) is 0 Å². The number of benzene rings is 1. The molecule has 2 aromatic rings. The van der Waals surface area contributed by atoms with Crippen LogP contribution >= 0.6 is 0 Å². The maximum atomic E-state index is 14.5. The number of nitrogens with one attached hydrogen (secondary N) is 3. The van der Waals surface area contributed by atoms with Gasteiger partial charge < -0.3 is 20.9 Å². The van der Waals surface area contributed by atoms with E-state index in [9.17, 15) is 13.2 Å². The molecule has 1 saturated heterocycles. The van der Waals surface area contributed by atoms with Crippen molar-refractivity contribution < 1.29 is 13.2 Å². The number of rotatable bonds is 5. The maximum Gasteiger partial charge on any atom is 0.263 e. The lowest BCUT2D eigenvalue weighted by Crippen LogP contribution is -2.50. The van der Waals surface area contributed by atoms with Crippen molar-refractivity contribution in [3.63, 3.8) is 0 Å². The van der Waals surface area contributed by atoms with E-state index in [1.165, 1.54) is 12.3 Å². The number of dihydropyridines is 1. The van der Waals surface area contributed by atoms with Crippen LogP contribution in [0.3, 0.4) is 0 Å². The third-order valence-electron chi connectivity index (χ3n) is 5.15. The van der Waals surface area contributed by atoms with E-state index in [2.05, 4.69) is 25.9 Å². The number of nitrogens with zero attached hydrogens (tertiary/aromatic N) is 3. The highest BCUT2D eigenvalue weighted by atomic mass is 19.3. The lowest BCUT2D eigenvalue weighted by molar-refractivity contribution is 0.174. The van der Waals surface area contributed by atoms with Crippen LogP contribution in [0.2, 0.25) is 0 Å². The van der Waals surface area contributed by atoms with Gasteiger partial charge in [0.25, 0.3) is 6.43 Å². The molecular formula is C20H23F3N6. The van der Waals surface area contributed by atoms with Crippen LogP contribution in [0, 0.1) is 5.82 Å². The zero-order valence-corrected chi connectivity index (χ0v) is 16.1. The lowest BCUT2D eigenvalue weighted by atomic mass is 10.1. The SMILES string of the molecule is CC1CN(C2=C(C(F)F)CNC=C2NCc2cc3nccnc3cc2F)CCN1. The lowest BCUT2D eigenvalue weighted by Gasteiger charge is -2.39. The molecule has 29 heavy (non-hydrogen) atoms. The summed E-state index contributed by atoms with van der Waals surface area (Å²) in [7, 11) is 0. The van der Waals surface area contributed by atoms with Crippen molar-refractivity contribution in [3.05, 3.63) is 59.1 Å². The van der Waals surface area contributed by atoms with E-state index in [-0.39, 0.29) is 24.7 Å². The highest BCUT2D eigenvalue weighted by Gasteiger charge is 2.29. The smallest absolute Gasteiger partial charge is 0.263 e. The van der Waals surface area contributed by atoms with E-state index < -0.39 is 12.2 Å². The maximum absolute atomic E-state index is 14.5. The number of hydrogen-bond donors (Lipinski definition) is 3. The van der Waals surface area contributed by atoms with Crippen molar-refractivity contribution >= 4 is 11.0 Å². The van der Waals surface area contributed by atoms with Gasteiger partial charge in [-0.1, -0.05) is 0 Å². The molecule has 3 heterocycles. The largest absolute Gasteiger partial charge is 0.385 e. The Kier molecular flexibility index (Phi) is 5.57. The molecule has 1 atom stereocenters. The molecule has 0 radical (unpaired) electrons. The predicted octanol–water partition coefficient (Wildman–Crippen LogP) is 2.12. The first-order valence-electron chi connectivity index (χ1n) is 9.59. The molecule has 154 valence electrons. The van der Waals surface area contributed by atoms with Crippen molar-refractivity contribution in [3.8, 4) is 0 Å². The molecule has 3 N–H and O–H groups in total. The molecule has 0 aliphatic carbocycles. The molecule has 1 aromatic heterocycles. The van der Waals surface area contributed by atoms with E-state index in [0.717, 1.165) is 6.54 Å². The van der Waals surface area contributed by atoms with Gasteiger partial charge in [0.05, 0.1) is 22.4 Å². The van der Waals surface area contributed by atoms with Gasteiger partial charge in [-0.25, -0.2) is 13.2 Å². The average Bonchev–Trinajstić information content (AvgIpc) is 2.71. The minimum absolute atomic E-state index is 0.0500. The van der Waals surface area contributed by atoms with Gasteiger partial charge >= 0.3 is 0 Å². The molecule has 6 nitrogen and oxygen atoms in total. The zero-order chi connectivity index (χ0) is 20.4. The van der Waals surface area contributed by atoms with Gasteiger partial charge in [-0.05, 0) is 13.0 Å². The van der Waals surface area contributed by atoms with E-state index in [1.807, 2.05) is 11.8 Å². The third kappa shape index (κ3) is 4.14. The number of alkyl halides is 2. The Hall–Kier alpha value is -2.81. The first-order chi connectivity index (χ1) is 14.0. The van der Waals surface area contributed by atoms with Gasteiger partial charge in [0, 0.05) is 74.6 Å². The summed E-state index contributed by atoms with van der Waals surface area (Å²) in [5, 5.41) is 9.38. The summed E-state index contributed by atoms with van der Waals surface area (Å²) in [4.78, 5) is 10.3. The number of fused-ring (bicyclic) bond motifs is 1. The first kappa shape index (κ1) is 19.5. The van der Waals surface area contributed by atoms with Crippen molar-refractivity contribution in [2.45, 2.75) is 25.9 Å². The average molecular weight is 404 g/mol. The molecular weight excluding hydrogens is 381 g/mol. The summed E-state index contributed by atoms with van der Waals surface area (Å²) in [6, 6.07) is 3.17. The van der Waals surface area contributed by atoms with Gasteiger partial charge in [-0.3, -0.25) is 9.97 Å². The second-order valence-corrected chi connectivity index (χ2v) is 7.26. The molecule has 2 aliphatic rings. The number of piperazine rings is 1. The quantitative estimate of drug-likeness (QED) is 0.710. The monoisotopic (exact) mass is 404 g/mol. The molecule has 0 amide bonds. The van der Waals surface area contributed by atoms with E-state index in [4.69, 9.17) is 0 Å². The molecule has 1 fully saturated rings. The van der Waals surface area contributed by atoms with Crippen LogP contribution in [0.5, 0.6) is 0 Å². The standard InChI is InChI=1S/C20H23F3N6/c1-12-11-29(5-4-25-12)19-14(20(22)23)9-24-10-18(19)28-8-13-6-16-17(7-15(13)21)27-3-2-26-16/h2-3,6-7,10,12,20,24-25,28H,4-5,8-9,11H2,1H3. The molecule has 0 bridgehead atoms. The van der Waals surface area contributed by atoms with Crippen molar-refractivity contribution in [1.29, 1.82) is 0 Å². The van der Waals surface area contributed by atoms with Crippen LogP contribution in [-0.2, 0) is 6.54 Å². The Balaban J connectivity index is 1.59. The fourth-order valence-electron chi connectivity index (χ4n) is 3.77. The summed E-state index contributed by atoms with van der Waals surface area (Å²) in [5.74, 6) is -0.412. The summed E-state index contributed by atoms with van der Waals surface area (Å²) < 4.78 is 41.9. The topological polar surface area (TPSA) is 65.1 Å². The van der Waals surface area contributed by atoms with Crippen LogP contribution < -0.4 is 16.0 Å². The van der Waals surface area contributed by atoms with Crippen LogP contribution in [0.1, 0.15) is 12.5 Å². The highest BCUT2D eigenvalue weighted by Crippen LogP contribution is 2.26. The molecule has 2 aliphatic heterocycles. The summed E-state index contributed by atoms with van der Waals surface area (Å²) in [6.45, 7) is 4.25. The predicted molar refractivity (Wildman–Crippen MR) is 104 cm³/mol. The van der Waals surface area contributed by atoms with Gasteiger partial charge in [0.2, 0.25) is 0 Å². The fourth-order valence-corrected chi connectivity index (χ4v) is 3.77. The van der Waals surface area contributed by atoms with Crippen molar-refractivity contribution in [2.75, 3.05) is 26.2 Å². The number of hydrogen-bond acceptors (Lipinski definition) is 6. The second kappa shape index (κ2) is 8.28. The van der Waals surface area contributed by atoms with Gasteiger partial charge in [0.15, 0.2) is 0 Å². The van der Waals surface area contributed by atoms with Crippen LogP contribution in [0.25, 0.3) is 11.0 Å². The Morgan fingerprint density at radius 2 is 2.00 bits per heavy atom. The number of aromatic nitrogens is 2. The molecule has 0 saturated carbocycles. The van der Waals surface area contributed by atoms with Crippen LogP contribution in [0.4, 0.5) is 13.2 Å². The molecule has 0 spiro atoms. The van der Waals surface area contributed by atoms with E-state index in [0.29, 0.717) is 41.1 Å². The zero-order valence-electron chi connectivity index (χ0n) is 16.1. The summed E-state index contributed by atoms with van der Waals surface area (Å²) in [5.41, 5.74) is 2.56. The van der Waals surface area contributed by atoms with Crippen molar-refractivity contribution in [1.82, 2.24) is 30.8 Å². The first-order valence-corrected chi connectivity index (χ1v) is 9.59. The normalized spacial score (nSPS) is 20.1. The Morgan fingerprint density at radius 3 is 2.72 bits per heavy atom. The summed E-state index contributed by atoms with van der Waals surface area (Å²) in [6.07, 6.45) is 2.18. The Morgan fingerprint density at radius 1 is 1.24 bits per heavy atom. The Bertz CT molecular complexity index is 958. The second-order valence-electron chi connectivity index (χ2n) is 7.26. The van der Waals surface area contributed by atoms with Gasteiger partial charge in [-0.2, -0.15) is 0 Å². The molecule has 9 heteroatoms. The molecule has 1 unspecified atom stereocenters. The van der Waals surface area contributed by atoms with E-state index >= 15 is 0 Å². The van der Waals surface area contributed by atoms with E-state index in [1.54, 1.807) is 18.5 Å². The minimum Gasteiger partial charge on any atom is -0.385 e. The summed E-state index contributed by atoms with van der Waals surface area (Å²) >= 11 is 0. The minimum atomic E-state index is -2.57. The molecule has 1 aromatic carbocycles. The van der Waals surface area contributed by atoms with Crippen molar-refractivity contribution in [2.24, 2.45) is 0 Å². The highest BCUT2D eigenvalue weighted by molar-refractivity contribution is 5.74. The third-order valence-corrected chi connectivity index (χ3v) is 5.15. The fraction of sp³-hybridized carbons (Fsp3) is 0.400. The molecule has 4 rings (SSSR count). The Labute approximate surface area is 166 Å². The van der Waals surface area contributed by atoms with Crippen LogP contribution in [-0.4, -0.2) is 53.5 Å². The van der Waals surface area contributed by atoms with Crippen LogP contribution in [0.15, 0.2) is 47.7 Å². The number of halogens is 3.